The van der Waals surface area contributed by atoms with Crippen LogP contribution in [-0.2, 0) is 16.0 Å². The van der Waals surface area contributed by atoms with Crippen molar-refractivity contribution in [2.75, 3.05) is 19.3 Å². The highest BCUT2D eigenvalue weighted by atomic mass is 32.2. The lowest BCUT2D eigenvalue weighted by Gasteiger charge is -2.23. The Morgan fingerprint density at radius 1 is 1.30 bits per heavy atom. The molecule has 0 spiro atoms. The zero-order valence-electron chi connectivity index (χ0n) is 13.5. The van der Waals surface area contributed by atoms with Crippen molar-refractivity contribution in [2.45, 2.75) is 26.3 Å². The number of urea groups is 1. The van der Waals surface area contributed by atoms with Gasteiger partial charge >= 0.3 is 12.0 Å². The van der Waals surface area contributed by atoms with Crippen LogP contribution in [0, 0.1) is 6.92 Å². The molecule has 0 aromatic heterocycles. The maximum atomic E-state index is 12.1. The number of rotatable bonds is 7. The monoisotopic (exact) mass is 338 g/mol. The molecule has 1 atom stereocenters. The summed E-state index contributed by atoms with van der Waals surface area (Å²) < 4.78 is 0. The molecular formula is C16H22N2O4S. The van der Waals surface area contributed by atoms with E-state index in [1.807, 2.05) is 31.2 Å². The molecule has 0 aliphatic rings. The maximum Gasteiger partial charge on any atom is 0.323 e. The van der Waals surface area contributed by atoms with E-state index in [0.717, 1.165) is 27.8 Å². The molecule has 0 aliphatic heterocycles. The highest BCUT2D eigenvalue weighted by Crippen LogP contribution is 2.13. The van der Waals surface area contributed by atoms with Crippen LogP contribution in [0.15, 0.2) is 24.3 Å². The van der Waals surface area contributed by atoms with E-state index in [1.54, 1.807) is 0 Å². The van der Waals surface area contributed by atoms with Gasteiger partial charge in [-0.2, -0.15) is 0 Å². The first-order valence-corrected chi connectivity index (χ1v) is 8.19. The molecule has 1 rings (SSSR count). The summed E-state index contributed by atoms with van der Waals surface area (Å²) in [6.45, 7) is 3.10. The number of hydrogen-bond donors (Lipinski definition) is 2. The summed E-state index contributed by atoms with van der Waals surface area (Å²) >= 11 is 1.14. The number of carbonyl (C=O) groups excluding carboxylic acids is 2. The van der Waals surface area contributed by atoms with Gasteiger partial charge in [-0.3, -0.25) is 9.59 Å². The number of likely N-dealkylation sites (N-methyl/N-ethyl adjacent to an activating group) is 1. The van der Waals surface area contributed by atoms with Crippen LogP contribution in [0.3, 0.4) is 0 Å². The normalized spacial score (nSPS) is 11.6. The van der Waals surface area contributed by atoms with Crippen LogP contribution in [0.5, 0.6) is 0 Å². The molecule has 0 aliphatic carbocycles. The van der Waals surface area contributed by atoms with Crippen molar-refractivity contribution in [2.24, 2.45) is 0 Å². The van der Waals surface area contributed by atoms with Crippen LogP contribution in [0.2, 0.25) is 0 Å². The van der Waals surface area contributed by atoms with E-state index < -0.39 is 12.0 Å². The zero-order chi connectivity index (χ0) is 17.4. The molecule has 0 saturated heterocycles. The largest absolute Gasteiger partial charge is 0.480 e. The minimum Gasteiger partial charge on any atom is -0.480 e. The Morgan fingerprint density at radius 3 is 2.52 bits per heavy atom. The summed E-state index contributed by atoms with van der Waals surface area (Å²) in [5, 5.41) is 11.5. The minimum atomic E-state index is -1.07. The van der Waals surface area contributed by atoms with Gasteiger partial charge in [0.15, 0.2) is 5.12 Å². The van der Waals surface area contributed by atoms with E-state index in [0.29, 0.717) is 12.2 Å². The van der Waals surface area contributed by atoms with Gasteiger partial charge in [-0.25, -0.2) is 4.79 Å². The average molecular weight is 338 g/mol. The molecule has 2 N–H and O–H groups in total. The van der Waals surface area contributed by atoms with Gasteiger partial charge in [0.1, 0.15) is 6.54 Å². The lowest BCUT2D eigenvalue weighted by Crippen LogP contribution is -2.46. The molecule has 1 aromatic rings. The first kappa shape index (κ1) is 19.0. The Balaban J connectivity index is 2.75. The number of aliphatic carboxylic acids is 1. The zero-order valence-corrected chi connectivity index (χ0v) is 14.4. The smallest absolute Gasteiger partial charge is 0.323 e. The third-order valence-corrected chi connectivity index (χ3v) is 4.24. The van der Waals surface area contributed by atoms with E-state index in [1.165, 1.54) is 14.0 Å². The van der Waals surface area contributed by atoms with Crippen molar-refractivity contribution < 1.29 is 19.5 Å². The molecule has 126 valence electrons. The highest BCUT2D eigenvalue weighted by Gasteiger charge is 2.18. The van der Waals surface area contributed by atoms with Crippen LogP contribution < -0.4 is 5.32 Å². The summed E-state index contributed by atoms with van der Waals surface area (Å²) in [5.41, 5.74) is 2.20. The van der Waals surface area contributed by atoms with Gasteiger partial charge in [-0.15, -0.1) is 0 Å². The van der Waals surface area contributed by atoms with E-state index in [2.05, 4.69) is 5.32 Å². The third kappa shape index (κ3) is 7.19. The van der Waals surface area contributed by atoms with Crippen LogP contribution >= 0.6 is 11.8 Å². The predicted molar refractivity (Wildman–Crippen MR) is 90.6 cm³/mol. The Hall–Kier alpha value is -2.02. The number of benzene rings is 1. The molecule has 0 saturated carbocycles. The molecule has 0 heterocycles. The van der Waals surface area contributed by atoms with Gasteiger partial charge in [0, 0.05) is 25.8 Å². The second-order valence-electron chi connectivity index (χ2n) is 5.33. The number of nitrogens with one attached hydrogen (secondary N) is 1. The maximum absolute atomic E-state index is 12.1. The van der Waals surface area contributed by atoms with Gasteiger partial charge in [0.05, 0.1) is 0 Å². The van der Waals surface area contributed by atoms with Crippen molar-refractivity contribution >= 4 is 28.9 Å². The second kappa shape index (κ2) is 9.19. The Morgan fingerprint density at radius 2 is 1.96 bits per heavy atom. The quantitative estimate of drug-likeness (QED) is 0.793. The molecule has 6 nitrogen and oxygen atoms in total. The van der Waals surface area contributed by atoms with Gasteiger partial charge in [0.25, 0.3) is 0 Å². The Kier molecular flexibility index (Phi) is 7.61. The summed E-state index contributed by atoms with van der Waals surface area (Å²) in [4.78, 5) is 35.0. The van der Waals surface area contributed by atoms with Crippen molar-refractivity contribution in [3.8, 4) is 0 Å². The number of carbonyl (C=O) groups is 3. The van der Waals surface area contributed by atoms with Crippen molar-refractivity contribution in [3.63, 3.8) is 0 Å². The van der Waals surface area contributed by atoms with Crippen LogP contribution in [0.25, 0.3) is 0 Å². The molecule has 7 heteroatoms. The molecule has 1 unspecified atom stereocenters. The lowest BCUT2D eigenvalue weighted by atomic mass is 10.0. The Labute approximate surface area is 140 Å². The number of aryl methyl sites for hydroxylation is 1. The SMILES string of the molecule is CC(=O)SCC(Cc1ccccc1C)NC(=O)N(C)CC(=O)O. The molecule has 23 heavy (non-hydrogen) atoms. The molecule has 0 bridgehead atoms. The molecule has 0 fully saturated rings. The Bertz CT molecular complexity index is 577. The first-order chi connectivity index (χ1) is 10.8. The van der Waals surface area contributed by atoms with E-state index in [9.17, 15) is 14.4 Å². The van der Waals surface area contributed by atoms with Crippen molar-refractivity contribution in [3.05, 3.63) is 35.4 Å². The third-order valence-electron chi connectivity index (χ3n) is 3.26. The summed E-state index contributed by atoms with van der Waals surface area (Å²) in [7, 11) is 1.42. The minimum absolute atomic E-state index is 0.0204. The number of amides is 2. The molecule has 1 aromatic carbocycles. The van der Waals surface area contributed by atoms with E-state index in [-0.39, 0.29) is 17.7 Å². The number of hydrogen-bond acceptors (Lipinski definition) is 4. The first-order valence-electron chi connectivity index (χ1n) is 7.21. The fourth-order valence-corrected chi connectivity index (χ4v) is 2.67. The average Bonchev–Trinajstić information content (AvgIpc) is 2.46. The highest BCUT2D eigenvalue weighted by molar-refractivity contribution is 8.13. The standard InChI is InChI=1S/C16H22N2O4S/c1-11-6-4-5-7-13(11)8-14(10-23-12(2)19)17-16(22)18(3)9-15(20)21/h4-7,14H,8-10H2,1-3H3,(H,17,22)(H,20,21). The van der Waals surface area contributed by atoms with Crippen molar-refractivity contribution in [1.82, 2.24) is 10.2 Å². The van der Waals surface area contributed by atoms with E-state index >= 15 is 0 Å². The van der Waals surface area contributed by atoms with Gasteiger partial charge in [-0.05, 0) is 24.5 Å². The van der Waals surface area contributed by atoms with E-state index in [4.69, 9.17) is 5.11 Å². The predicted octanol–water partition coefficient (Wildman–Crippen LogP) is 1.91. The second-order valence-corrected chi connectivity index (χ2v) is 6.53. The number of nitrogens with zero attached hydrogens (tertiary/aromatic N) is 1. The fraction of sp³-hybridized carbons (Fsp3) is 0.438. The number of carboxylic acid groups (broad SMARTS) is 1. The topological polar surface area (TPSA) is 86.7 Å². The van der Waals surface area contributed by atoms with Gasteiger partial charge in [-0.1, -0.05) is 36.0 Å². The van der Waals surface area contributed by atoms with Crippen LogP contribution in [0.1, 0.15) is 18.1 Å². The molecule has 2 amide bonds. The summed E-state index contributed by atoms with van der Waals surface area (Å²) in [5.74, 6) is -0.632. The molecule has 0 radical (unpaired) electrons. The molecular weight excluding hydrogens is 316 g/mol. The number of thioether (sulfide) groups is 1. The van der Waals surface area contributed by atoms with Gasteiger partial charge < -0.3 is 15.3 Å². The lowest BCUT2D eigenvalue weighted by molar-refractivity contribution is -0.137. The van der Waals surface area contributed by atoms with Crippen LogP contribution in [-0.4, -0.2) is 52.5 Å². The van der Waals surface area contributed by atoms with Gasteiger partial charge in [0.2, 0.25) is 0 Å². The number of carboxylic acids is 1. The summed E-state index contributed by atoms with van der Waals surface area (Å²) in [6, 6.07) is 7.12. The van der Waals surface area contributed by atoms with Crippen molar-refractivity contribution in [1.29, 1.82) is 0 Å². The fourth-order valence-electron chi connectivity index (χ4n) is 2.03. The van der Waals surface area contributed by atoms with Crippen LogP contribution in [0.4, 0.5) is 4.79 Å². The summed E-state index contributed by atoms with van der Waals surface area (Å²) in [6.07, 6.45) is 0.583.